The Bertz CT molecular complexity index is 1140. The number of rotatable bonds is 4. The van der Waals surface area contributed by atoms with Crippen LogP contribution in [-0.4, -0.2) is 25.2 Å². The first kappa shape index (κ1) is 18.8. The Morgan fingerprint density at radius 1 is 1.18 bits per heavy atom. The maximum Gasteiger partial charge on any atom is 0.332 e. The van der Waals surface area contributed by atoms with E-state index in [0.717, 1.165) is 25.1 Å². The molecule has 8 heteroatoms. The van der Waals surface area contributed by atoms with Gasteiger partial charge >= 0.3 is 5.69 Å². The van der Waals surface area contributed by atoms with E-state index in [1.165, 1.54) is 9.13 Å². The Morgan fingerprint density at radius 3 is 2.57 bits per heavy atom. The molecule has 0 aliphatic carbocycles. The van der Waals surface area contributed by atoms with Gasteiger partial charge in [0.1, 0.15) is 0 Å². The molecule has 28 heavy (non-hydrogen) atoms. The number of halogens is 1. The molecule has 148 valence electrons. The van der Waals surface area contributed by atoms with Gasteiger partial charge in [0, 0.05) is 37.4 Å². The van der Waals surface area contributed by atoms with Gasteiger partial charge < -0.3 is 9.47 Å². The summed E-state index contributed by atoms with van der Waals surface area (Å²) in [7, 11) is 1.68. The fourth-order valence-corrected chi connectivity index (χ4v) is 3.98. The number of aryl methyl sites for hydroxylation is 1. The lowest BCUT2D eigenvalue weighted by molar-refractivity contribution is 0.457. The molecule has 0 spiro atoms. The highest BCUT2D eigenvalue weighted by Crippen LogP contribution is 2.33. The van der Waals surface area contributed by atoms with E-state index in [0.29, 0.717) is 41.1 Å². The average Bonchev–Trinajstić information content (AvgIpc) is 3.06. The minimum atomic E-state index is -0.313. The molecule has 0 radical (unpaired) electrons. The fraction of sp³-hybridized carbons (Fsp3) is 0.450. The van der Waals surface area contributed by atoms with E-state index in [4.69, 9.17) is 16.6 Å². The number of benzene rings is 1. The van der Waals surface area contributed by atoms with Crippen LogP contribution in [0.5, 0.6) is 0 Å². The largest absolute Gasteiger partial charge is 0.332 e. The molecule has 0 unspecified atom stereocenters. The molecule has 4 rings (SSSR count). The van der Waals surface area contributed by atoms with E-state index < -0.39 is 0 Å². The van der Waals surface area contributed by atoms with Crippen molar-refractivity contribution < 1.29 is 0 Å². The predicted octanol–water partition coefficient (Wildman–Crippen LogP) is 3.14. The first-order valence-electron chi connectivity index (χ1n) is 9.65. The van der Waals surface area contributed by atoms with E-state index >= 15 is 0 Å². The number of aromatic nitrogens is 4. The number of fused-ring (bicyclic) bond motifs is 3. The molecule has 3 aromatic rings. The second-order valence-electron chi connectivity index (χ2n) is 7.54. The van der Waals surface area contributed by atoms with Gasteiger partial charge in [-0.25, -0.2) is 4.79 Å². The van der Waals surface area contributed by atoms with Gasteiger partial charge in [0.15, 0.2) is 11.2 Å². The Morgan fingerprint density at radius 2 is 1.89 bits per heavy atom. The summed E-state index contributed by atoms with van der Waals surface area (Å²) in [5.74, 6) is 1.01. The number of hydrogen-bond acceptors (Lipinski definition) is 4. The number of anilines is 2. The van der Waals surface area contributed by atoms with Gasteiger partial charge in [-0.15, -0.1) is 0 Å². The van der Waals surface area contributed by atoms with Gasteiger partial charge in [-0.1, -0.05) is 31.9 Å². The van der Waals surface area contributed by atoms with Crippen molar-refractivity contribution in [2.75, 3.05) is 11.4 Å². The summed E-state index contributed by atoms with van der Waals surface area (Å²) in [6.45, 7) is 6.09. The van der Waals surface area contributed by atoms with Crippen molar-refractivity contribution in [3.63, 3.8) is 0 Å². The van der Waals surface area contributed by atoms with Gasteiger partial charge in [0.25, 0.3) is 5.56 Å². The van der Waals surface area contributed by atoms with Gasteiger partial charge in [0.2, 0.25) is 5.95 Å². The van der Waals surface area contributed by atoms with Crippen LogP contribution in [0.4, 0.5) is 11.6 Å². The smallest absolute Gasteiger partial charge is 0.312 e. The molecule has 0 bridgehead atoms. The van der Waals surface area contributed by atoms with Crippen LogP contribution in [0, 0.1) is 5.92 Å². The van der Waals surface area contributed by atoms with E-state index in [1.807, 2.05) is 35.8 Å². The predicted molar refractivity (Wildman–Crippen MR) is 112 cm³/mol. The number of nitrogens with zero attached hydrogens (tertiary/aromatic N) is 5. The van der Waals surface area contributed by atoms with Crippen molar-refractivity contribution >= 4 is 34.4 Å². The molecule has 0 N–H and O–H groups in total. The molecule has 2 aromatic heterocycles. The van der Waals surface area contributed by atoms with Gasteiger partial charge in [-0.05, 0) is 36.6 Å². The Hall–Kier alpha value is -2.54. The molecular formula is C20H24ClN5O2. The van der Waals surface area contributed by atoms with Crippen molar-refractivity contribution in [3.05, 3.63) is 50.1 Å². The third kappa shape index (κ3) is 2.94. The summed E-state index contributed by atoms with van der Waals surface area (Å²) in [4.78, 5) is 32.7. The van der Waals surface area contributed by atoms with Crippen LogP contribution in [0.2, 0.25) is 5.02 Å². The third-order valence-corrected chi connectivity index (χ3v) is 5.57. The summed E-state index contributed by atoms with van der Waals surface area (Å²) < 4.78 is 4.79. The Labute approximate surface area is 167 Å². The van der Waals surface area contributed by atoms with Crippen molar-refractivity contribution in [2.45, 2.75) is 39.8 Å². The van der Waals surface area contributed by atoms with Crippen LogP contribution in [0.1, 0.15) is 26.7 Å². The van der Waals surface area contributed by atoms with Crippen molar-refractivity contribution in [1.82, 2.24) is 18.7 Å². The summed E-state index contributed by atoms with van der Waals surface area (Å²) >= 11 is 6.04. The third-order valence-electron chi connectivity index (χ3n) is 5.32. The van der Waals surface area contributed by atoms with Crippen molar-refractivity contribution in [3.8, 4) is 0 Å². The van der Waals surface area contributed by atoms with Crippen LogP contribution in [0.25, 0.3) is 11.2 Å². The Kier molecular flexibility index (Phi) is 4.79. The summed E-state index contributed by atoms with van der Waals surface area (Å²) in [5.41, 5.74) is 1.33. The van der Waals surface area contributed by atoms with E-state index in [9.17, 15) is 9.59 Å². The second kappa shape index (κ2) is 7.13. The lowest BCUT2D eigenvalue weighted by atomic mass is 10.1. The van der Waals surface area contributed by atoms with Crippen molar-refractivity contribution in [2.24, 2.45) is 13.0 Å². The van der Waals surface area contributed by atoms with Crippen LogP contribution in [-0.2, 0) is 20.1 Å². The highest BCUT2D eigenvalue weighted by Gasteiger charge is 2.29. The van der Waals surface area contributed by atoms with Crippen LogP contribution >= 0.6 is 11.6 Å². The fourth-order valence-electron chi connectivity index (χ4n) is 3.86. The number of hydrogen-bond donors (Lipinski definition) is 0. The summed E-state index contributed by atoms with van der Waals surface area (Å²) in [5, 5.41) is 0.670. The quantitative estimate of drug-likeness (QED) is 0.673. The van der Waals surface area contributed by atoms with E-state index in [-0.39, 0.29) is 11.2 Å². The minimum absolute atomic E-state index is 0.254. The molecule has 3 heterocycles. The monoisotopic (exact) mass is 401 g/mol. The van der Waals surface area contributed by atoms with Crippen LogP contribution in [0.3, 0.4) is 0 Å². The zero-order valence-corrected chi connectivity index (χ0v) is 17.1. The topological polar surface area (TPSA) is 65.1 Å². The maximum absolute atomic E-state index is 13.2. The highest BCUT2D eigenvalue weighted by molar-refractivity contribution is 6.30. The van der Waals surface area contributed by atoms with E-state index in [2.05, 4.69) is 11.8 Å². The second-order valence-corrected chi connectivity index (χ2v) is 7.98. The molecule has 0 amide bonds. The SMILES string of the molecule is CCCCn1c(=O)c2c(nc3n2C[C@H](C)CN3c2ccc(Cl)cc2)n(C)c1=O. The molecular weight excluding hydrogens is 378 g/mol. The van der Waals surface area contributed by atoms with Crippen LogP contribution in [0.15, 0.2) is 33.9 Å². The number of unbranched alkanes of at least 4 members (excludes halogenated alkanes) is 1. The molecule has 0 fully saturated rings. The number of imidazole rings is 1. The first-order chi connectivity index (χ1) is 13.4. The standard InChI is InChI=1S/C20H24ClN5O2/c1-4-5-10-24-18(27)16-17(23(3)20(24)28)22-19-25(11-13(2)12-26(16)19)15-8-6-14(21)7-9-15/h6-9,13H,4-5,10-12H2,1-3H3/t13-/m1/s1. The zero-order chi connectivity index (χ0) is 20.0. The minimum Gasteiger partial charge on any atom is -0.312 e. The molecule has 7 nitrogen and oxygen atoms in total. The normalized spacial score (nSPS) is 16.6. The Balaban J connectivity index is 1.96. The lowest BCUT2D eigenvalue weighted by Gasteiger charge is -2.33. The van der Waals surface area contributed by atoms with E-state index in [1.54, 1.807) is 7.05 Å². The maximum atomic E-state index is 13.2. The summed E-state index contributed by atoms with van der Waals surface area (Å²) in [6, 6.07) is 7.58. The summed E-state index contributed by atoms with van der Waals surface area (Å²) in [6.07, 6.45) is 1.70. The molecule has 1 aliphatic heterocycles. The van der Waals surface area contributed by atoms with Crippen molar-refractivity contribution in [1.29, 1.82) is 0 Å². The van der Waals surface area contributed by atoms with Gasteiger partial charge in [-0.3, -0.25) is 13.9 Å². The first-order valence-corrected chi connectivity index (χ1v) is 10.0. The molecule has 1 aromatic carbocycles. The highest BCUT2D eigenvalue weighted by atomic mass is 35.5. The van der Waals surface area contributed by atoms with Gasteiger partial charge in [-0.2, -0.15) is 4.98 Å². The zero-order valence-electron chi connectivity index (χ0n) is 16.4. The molecule has 1 aliphatic rings. The van der Waals surface area contributed by atoms with Gasteiger partial charge in [0.05, 0.1) is 0 Å². The molecule has 0 saturated carbocycles. The lowest BCUT2D eigenvalue weighted by Crippen LogP contribution is -2.40. The molecule has 0 saturated heterocycles. The van der Waals surface area contributed by atoms with Crippen LogP contribution < -0.4 is 16.1 Å². The average molecular weight is 402 g/mol. The molecule has 1 atom stereocenters.